The maximum absolute atomic E-state index is 5.97. The quantitative estimate of drug-likeness (QED) is 0.906. The predicted octanol–water partition coefficient (Wildman–Crippen LogP) is 3.32. The van der Waals surface area contributed by atoms with Gasteiger partial charge >= 0.3 is 0 Å². The van der Waals surface area contributed by atoms with E-state index in [-0.39, 0.29) is 0 Å². The van der Waals surface area contributed by atoms with Crippen LogP contribution >= 0.6 is 35.1 Å². The number of aliphatic imine (C=N–C) groups is 1. The smallest absolute Gasteiger partial charge is 0.162 e. The number of anilines is 1. The Hall–Kier alpha value is -0.360. The minimum Gasteiger partial charge on any atom is -0.335 e. The van der Waals surface area contributed by atoms with E-state index in [9.17, 15) is 0 Å². The molecule has 0 unspecified atom stereocenters. The molecule has 0 aromatic heterocycles. The summed E-state index contributed by atoms with van der Waals surface area (Å²) in [5, 5.41) is 5.16. The minimum atomic E-state index is 0.722. The lowest BCUT2D eigenvalue weighted by atomic mass is 10.1. The Balaban J connectivity index is 1.59. The molecule has 3 rings (SSSR count). The molecule has 0 amide bonds. The van der Waals surface area contributed by atoms with E-state index in [1.54, 1.807) is 11.8 Å². The van der Waals surface area contributed by atoms with Crippen LogP contribution in [0.25, 0.3) is 0 Å². The standard InChI is InChI=1S/C12H14ClN3S2/c13-10-1-2-11-9(5-10)6-14-12(15-11)18-8-16-3-4-17-7-16/h1-2,5H,3-4,6-8H2,(H,14,15). The van der Waals surface area contributed by atoms with Gasteiger partial charge < -0.3 is 5.32 Å². The Morgan fingerprint density at radius 2 is 2.44 bits per heavy atom. The number of amidine groups is 1. The number of hydrogen-bond donors (Lipinski definition) is 1. The van der Waals surface area contributed by atoms with Crippen molar-refractivity contribution in [2.45, 2.75) is 6.54 Å². The topological polar surface area (TPSA) is 27.6 Å². The number of benzene rings is 1. The second kappa shape index (κ2) is 5.74. The highest BCUT2D eigenvalue weighted by molar-refractivity contribution is 8.14. The molecule has 2 aliphatic heterocycles. The van der Waals surface area contributed by atoms with Crippen LogP contribution in [-0.4, -0.2) is 34.1 Å². The number of hydrogen-bond acceptors (Lipinski definition) is 5. The highest BCUT2D eigenvalue weighted by Gasteiger charge is 2.16. The van der Waals surface area contributed by atoms with Gasteiger partial charge in [-0.15, -0.1) is 11.8 Å². The van der Waals surface area contributed by atoms with Gasteiger partial charge in [-0.3, -0.25) is 9.89 Å². The van der Waals surface area contributed by atoms with Gasteiger partial charge in [0.25, 0.3) is 0 Å². The molecule has 1 aromatic rings. The third kappa shape index (κ3) is 2.96. The Morgan fingerprint density at radius 3 is 3.28 bits per heavy atom. The third-order valence-corrected chi connectivity index (χ3v) is 5.16. The molecule has 1 saturated heterocycles. The van der Waals surface area contributed by atoms with Crippen LogP contribution in [0.2, 0.25) is 5.02 Å². The molecule has 2 heterocycles. The lowest BCUT2D eigenvalue weighted by Gasteiger charge is -2.20. The van der Waals surface area contributed by atoms with E-state index in [1.165, 1.54) is 17.9 Å². The van der Waals surface area contributed by atoms with E-state index >= 15 is 0 Å². The summed E-state index contributed by atoms with van der Waals surface area (Å²) in [4.78, 5) is 6.99. The van der Waals surface area contributed by atoms with E-state index in [4.69, 9.17) is 11.6 Å². The molecule has 0 spiro atoms. The molecule has 0 radical (unpaired) electrons. The van der Waals surface area contributed by atoms with Gasteiger partial charge in [-0.05, 0) is 23.8 Å². The SMILES string of the molecule is Clc1ccc2c(c1)CN=C(SCN1CCSC1)N2. The molecule has 3 nitrogen and oxygen atoms in total. The summed E-state index contributed by atoms with van der Waals surface area (Å²) in [6.07, 6.45) is 0. The Labute approximate surface area is 120 Å². The molecule has 0 aliphatic carbocycles. The maximum atomic E-state index is 5.97. The van der Waals surface area contributed by atoms with E-state index in [2.05, 4.69) is 15.2 Å². The molecule has 0 saturated carbocycles. The molecular weight excluding hydrogens is 286 g/mol. The van der Waals surface area contributed by atoms with Crippen LogP contribution in [0, 0.1) is 0 Å². The van der Waals surface area contributed by atoms with Crippen molar-refractivity contribution in [2.24, 2.45) is 4.99 Å². The van der Waals surface area contributed by atoms with Crippen molar-refractivity contribution in [1.29, 1.82) is 0 Å². The normalized spacial score (nSPS) is 19.3. The molecule has 1 fully saturated rings. The van der Waals surface area contributed by atoms with Gasteiger partial charge in [0.15, 0.2) is 5.17 Å². The fourth-order valence-electron chi connectivity index (χ4n) is 1.91. The van der Waals surface area contributed by atoms with Crippen molar-refractivity contribution < 1.29 is 0 Å². The summed E-state index contributed by atoms with van der Waals surface area (Å²) in [6.45, 7) is 1.91. The average molecular weight is 300 g/mol. The summed E-state index contributed by atoms with van der Waals surface area (Å²) in [5.74, 6) is 3.41. The molecule has 0 atom stereocenters. The summed E-state index contributed by atoms with van der Waals surface area (Å²) < 4.78 is 0. The molecule has 18 heavy (non-hydrogen) atoms. The zero-order valence-electron chi connectivity index (χ0n) is 9.86. The number of halogens is 1. The van der Waals surface area contributed by atoms with Gasteiger partial charge in [0.05, 0.1) is 12.4 Å². The largest absolute Gasteiger partial charge is 0.335 e. The third-order valence-electron chi connectivity index (χ3n) is 2.91. The number of rotatable bonds is 2. The summed E-state index contributed by atoms with van der Waals surface area (Å²) in [7, 11) is 0. The highest BCUT2D eigenvalue weighted by Crippen LogP contribution is 2.27. The first kappa shape index (κ1) is 12.7. The molecule has 0 bridgehead atoms. The van der Waals surface area contributed by atoms with Gasteiger partial charge in [-0.25, -0.2) is 0 Å². The van der Waals surface area contributed by atoms with Crippen molar-refractivity contribution in [1.82, 2.24) is 4.90 Å². The first-order chi connectivity index (χ1) is 8.81. The van der Waals surface area contributed by atoms with Crippen LogP contribution in [0.1, 0.15) is 5.56 Å². The van der Waals surface area contributed by atoms with Crippen molar-refractivity contribution in [3.63, 3.8) is 0 Å². The average Bonchev–Trinajstić information content (AvgIpc) is 2.89. The van der Waals surface area contributed by atoms with Crippen LogP contribution in [0.4, 0.5) is 5.69 Å². The van der Waals surface area contributed by atoms with Gasteiger partial charge in [0.2, 0.25) is 0 Å². The first-order valence-electron chi connectivity index (χ1n) is 5.84. The van der Waals surface area contributed by atoms with E-state index in [0.717, 1.165) is 34.2 Å². The molecule has 1 aromatic carbocycles. The van der Waals surface area contributed by atoms with E-state index in [1.807, 2.05) is 30.0 Å². The van der Waals surface area contributed by atoms with Crippen LogP contribution in [0.3, 0.4) is 0 Å². The second-order valence-corrected chi connectivity index (χ2v) is 6.70. The number of fused-ring (bicyclic) bond motifs is 1. The second-order valence-electron chi connectivity index (χ2n) is 4.25. The Morgan fingerprint density at radius 1 is 1.50 bits per heavy atom. The zero-order chi connectivity index (χ0) is 12.4. The lowest BCUT2D eigenvalue weighted by molar-refractivity contribution is 0.422. The van der Waals surface area contributed by atoms with E-state index in [0.29, 0.717) is 0 Å². The predicted molar refractivity (Wildman–Crippen MR) is 82.7 cm³/mol. The molecule has 1 N–H and O–H groups in total. The van der Waals surface area contributed by atoms with Crippen LogP contribution in [-0.2, 0) is 6.54 Å². The van der Waals surface area contributed by atoms with Crippen molar-refractivity contribution in [2.75, 3.05) is 29.4 Å². The van der Waals surface area contributed by atoms with Gasteiger partial charge in [-0.2, -0.15) is 0 Å². The number of thioether (sulfide) groups is 2. The Kier molecular flexibility index (Phi) is 4.03. The van der Waals surface area contributed by atoms with Crippen LogP contribution in [0.5, 0.6) is 0 Å². The number of nitrogens with zero attached hydrogens (tertiary/aromatic N) is 2. The van der Waals surface area contributed by atoms with Crippen molar-refractivity contribution in [3.8, 4) is 0 Å². The van der Waals surface area contributed by atoms with Crippen LogP contribution in [0.15, 0.2) is 23.2 Å². The van der Waals surface area contributed by atoms with Crippen molar-refractivity contribution in [3.05, 3.63) is 28.8 Å². The fraction of sp³-hybridized carbons (Fsp3) is 0.417. The van der Waals surface area contributed by atoms with Gasteiger partial charge in [0, 0.05) is 28.9 Å². The Bertz CT molecular complexity index is 472. The molecular formula is C12H14ClN3S2. The maximum Gasteiger partial charge on any atom is 0.162 e. The monoisotopic (exact) mass is 299 g/mol. The van der Waals surface area contributed by atoms with E-state index < -0.39 is 0 Å². The summed E-state index contributed by atoms with van der Waals surface area (Å²) in [5.41, 5.74) is 2.30. The molecule has 96 valence electrons. The van der Waals surface area contributed by atoms with Crippen LogP contribution < -0.4 is 5.32 Å². The summed E-state index contributed by atoms with van der Waals surface area (Å²) >= 11 is 9.75. The molecule has 6 heteroatoms. The van der Waals surface area contributed by atoms with Crippen molar-refractivity contribution >= 4 is 46.0 Å². The fourth-order valence-corrected chi connectivity index (χ4v) is 4.08. The number of nitrogens with one attached hydrogen (secondary N) is 1. The summed E-state index contributed by atoms with van der Waals surface area (Å²) in [6, 6.07) is 5.92. The first-order valence-corrected chi connectivity index (χ1v) is 8.36. The van der Waals surface area contributed by atoms with Gasteiger partial charge in [0.1, 0.15) is 0 Å². The minimum absolute atomic E-state index is 0.722. The lowest BCUT2D eigenvalue weighted by Crippen LogP contribution is -2.22. The van der Waals surface area contributed by atoms with Gasteiger partial charge in [-0.1, -0.05) is 23.4 Å². The molecule has 2 aliphatic rings. The zero-order valence-corrected chi connectivity index (χ0v) is 12.2. The highest BCUT2D eigenvalue weighted by atomic mass is 35.5.